The molecule has 5 nitrogen and oxygen atoms in total. The van der Waals surface area contributed by atoms with Gasteiger partial charge in [-0.05, 0) is 31.9 Å². The molecule has 2 unspecified atom stereocenters. The second-order valence-corrected chi connectivity index (χ2v) is 6.27. The first-order valence-corrected chi connectivity index (χ1v) is 7.23. The molecule has 0 bridgehead atoms. The Morgan fingerprint density at radius 2 is 2.29 bits per heavy atom. The quantitative estimate of drug-likeness (QED) is 0.872. The molecule has 0 aromatic carbocycles. The fourth-order valence-corrected chi connectivity index (χ4v) is 3.54. The molecule has 0 radical (unpaired) electrons. The van der Waals surface area contributed by atoms with E-state index in [4.69, 9.17) is 10.5 Å². The Kier molecular flexibility index (Phi) is 3.35. The molecule has 0 spiro atoms. The molecule has 1 aliphatic heterocycles. The van der Waals surface area contributed by atoms with E-state index in [1.54, 1.807) is 6.07 Å². The summed E-state index contributed by atoms with van der Waals surface area (Å²) in [6.45, 7) is 1.95. The molecule has 0 aliphatic carbocycles. The van der Waals surface area contributed by atoms with Gasteiger partial charge in [0.15, 0.2) is 14.9 Å². The van der Waals surface area contributed by atoms with Crippen LogP contribution in [0.3, 0.4) is 0 Å². The topological polar surface area (TPSA) is 82.3 Å². The van der Waals surface area contributed by atoms with Crippen molar-refractivity contribution in [3.05, 3.63) is 18.3 Å². The molecule has 1 fully saturated rings. The number of hydrogen-bond acceptors (Lipinski definition) is 5. The Morgan fingerprint density at radius 1 is 1.53 bits per heavy atom. The smallest absolute Gasteiger partial charge is 0.200 e. The third kappa shape index (κ3) is 2.76. The highest BCUT2D eigenvalue weighted by molar-refractivity contribution is 7.91. The summed E-state index contributed by atoms with van der Waals surface area (Å²) in [6, 6.07) is 3.15. The maximum Gasteiger partial charge on any atom is 0.200 e. The Labute approximate surface area is 101 Å². The number of nitrogens with zero attached hydrogens (tertiary/aromatic N) is 1. The van der Waals surface area contributed by atoms with E-state index in [1.807, 2.05) is 6.92 Å². The van der Waals surface area contributed by atoms with Gasteiger partial charge in [-0.1, -0.05) is 0 Å². The molecule has 0 saturated carbocycles. The fraction of sp³-hybridized carbons (Fsp3) is 0.545. The molecular weight excluding hydrogens is 240 g/mol. The van der Waals surface area contributed by atoms with E-state index < -0.39 is 9.84 Å². The van der Waals surface area contributed by atoms with E-state index in [1.165, 1.54) is 12.3 Å². The number of rotatable bonds is 3. The normalized spacial score (nSPS) is 25.0. The van der Waals surface area contributed by atoms with Crippen LogP contribution in [-0.4, -0.2) is 31.4 Å². The minimum atomic E-state index is -3.46. The number of sulfone groups is 1. The molecule has 2 rings (SSSR count). The predicted octanol–water partition coefficient (Wildman–Crippen LogP) is 1.00. The van der Waals surface area contributed by atoms with E-state index in [9.17, 15) is 8.42 Å². The Hall–Kier alpha value is -1.14. The standard InChI is InChI=1S/C11H16N2O3S/c1-8-4-5-9(16-8)7-17(14,15)11-10(12)3-2-6-13-11/h2-3,6,8-9H,4-5,7,12H2,1H3. The summed E-state index contributed by atoms with van der Waals surface area (Å²) in [5, 5.41) is -0.0387. The highest BCUT2D eigenvalue weighted by atomic mass is 32.2. The minimum absolute atomic E-state index is 0.0387. The second kappa shape index (κ2) is 4.62. The van der Waals surface area contributed by atoms with E-state index in [-0.39, 0.29) is 28.7 Å². The Bertz CT molecular complexity index is 501. The van der Waals surface area contributed by atoms with Crippen LogP contribution in [0.15, 0.2) is 23.4 Å². The molecule has 2 N–H and O–H groups in total. The Morgan fingerprint density at radius 3 is 2.88 bits per heavy atom. The summed E-state index contributed by atoms with van der Waals surface area (Å²) in [5.74, 6) is -0.0431. The van der Waals surface area contributed by atoms with E-state index in [0.29, 0.717) is 0 Å². The summed E-state index contributed by atoms with van der Waals surface area (Å²) < 4.78 is 29.7. The van der Waals surface area contributed by atoms with Gasteiger partial charge < -0.3 is 10.5 Å². The first-order chi connectivity index (χ1) is 7.99. The lowest BCUT2D eigenvalue weighted by Gasteiger charge is -2.12. The van der Waals surface area contributed by atoms with E-state index >= 15 is 0 Å². The molecule has 1 aliphatic rings. The second-order valence-electron chi connectivity index (χ2n) is 4.33. The summed E-state index contributed by atoms with van der Waals surface area (Å²) in [7, 11) is -3.46. The van der Waals surface area contributed by atoms with Gasteiger partial charge in [0.25, 0.3) is 0 Å². The van der Waals surface area contributed by atoms with Gasteiger partial charge in [-0.15, -0.1) is 0 Å². The number of anilines is 1. The molecular formula is C11H16N2O3S. The largest absolute Gasteiger partial charge is 0.396 e. The van der Waals surface area contributed by atoms with Crippen molar-refractivity contribution in [2.45, 2.75) is 37.0 Å². The van der Waals surface area contributed by atoms with Gasteiger partial charge in [0.2, 0.25) is 0 Å². The van der Waals surface area contributed by atoms with Crippen LogP contribution in [0.4, 0.5) is 5.69 Å². The average molecular weight is 256 g/mol. The number of ether oxygens (including phenoxy) is 1. The van der Waals surface area contributed by atoms with Crippen molar-refractivity contribution < 1.29 is 13.2 Å². The molecule has 0 amide bonds. The highest BCUT2D eigenvalue weighted by Crippen LogP contribution is 2.24. The number of hydrogen-bond donors (Lipinski definition) is 1. The molecule has 2 atom stereocenters. The summed E-state index contributed by atoms with van der Waals surface area (Å²) in [4.78, 5) is 3.84. The molecule has 2 heterocycles. The van der Waals surface area contributed by atoms with Gasteiger partial charge in [0, 0.05) is 6.20 Å². The van der Waals surface area contributed by atoms with Crippen molar-refractivity contribution in [3.8, 4) is 0 Å². The van der Waals surface area contributed by atoms with Crippen molar-refractivity contribution in [2.24, 2.45) is 0 Å². The summed E-state index contributed by atoms with van der Waals surface area (Å²) >= 11 is 0. The first kappa shape index (κ1) is 12.3. The van der Waals surface area contributed by atoms with Crippen molar-refractivity contribution in [1.82, 2.24) is 4.98 Å². The van der Waals surface area contributed by atoms with Crippen LogP contribution >= 0.6 is 0 Å². The van der Waals surface area contributed by atoms with E-state index in [0.717, 1.165) is 12.8 Å². The van der Waals surface area contributed by atoms with Crippen LogP contribution in [0, 0.1) is 0 Å². The van der Waals surface area contributed by atoms with Crippen LogP contribution in [0.25, 0.3) is 0 Å². The SMILES string of the molecule is CC1CCC(CS(=O)(=O)c2ncccc2N)O1. The highest BCUT2D eigenvalue weighted by Gasteiger charge is 2.29. The first-order valence-electron chi connectivity index (χ1n) is 5.58. The molecule has 1 aromatic heterocycles. The van der Waals surface area contributed by atoms with Gasteiger partial charge >= 0.3 is 0 Å². The maximum absolute atomic E-state index is 12.1. The monoisotopic (exact) mass is 256 g/mol. The average Bonchev–Trinajstić information content (AvgIpc) is 2.63. The third-order valence-corrected chi connectivity index (χ3v) is 4.56. The van der Waals surface area contributed by atoms with Crippen molar-refractivity contribution >= 4 is 15.5 Å². The summed E-state index contributed by atoms with van der Waals surface area (Å²) in [5.41, 5.74) is 5.82. The van der Waals surface area contributed by atoms with Gasteiger partial charge in [0.1, 0.15) is 0 Å². The minimum Gasteiger partial charge on any atom is -0.396 e. The van der Waals surface area contributed by atoms with Crippen LogP contribution < -0.4 is 5.73 Å². The zero-order chi connectivity index (χ0) is 12.5. The van der Waals surface area contributed by atoms with Crippen LogP contribution in [0.5, 0.6) is 0 Å². The fourth-order valence-electron chi connectivity index (χ4n) is 1.99. The van der Waals surface area contributed by atoms with Crippen LogP contribution in [-0.2, 0) is 14.6 Å². The number of nitrogens with two attached hydrogens (primary N) is 1. The van der Waals surface area contributed by atoms with Gasteiger partial charge in [-0.3, -0.25) is 0 Å². The van der Waals surface area contributed by atoms with Crippen molar-refractivity contribution in [2.75, 3.05) is 11.5 Å². The lowest BCUT2D eigenvalue weighted by Crippen LogP contribution is -2.22. The molecule has 6 heteroatoms. The van der Waals surface area contributed by atoms with Gasteiger partial charge in [-0.25, -0.2) is 13.4 Å². The van der Waals surface area contributed by atoms with Crippen LogP contribution in [0.1, 0.15) is 19.8 Å². The zero-order valence-electron chi connectivity index (χ0n) is 9.67. The zero-order valence-corrected chi connectivity index (χ0v) is 10.5. The van der Waals surface area contributed by atoms with Crippen molar-refractivity contribution in [3.63, 3.8) is 0 Å². The third-order valence-electron chi connectivity index (χ3n) is 2.82. The number of aromatic nitrogens is 1. The summed E-state index contributed by atoms with van der Waals surface area (Å²) in [6.07, 6.45) is 3.00. The van der Waals surface area contributed by atoms with Gasteiger partial charge in [0.05, 0.1) is 23.6 Å². The maximum atomic E-state index is 12.1. The van der Waals surface area contributed by atoms with Gasteiger partial charge in [-0.2, -0.15) is 0 Å². The van der Waals surface area contributed by atoms with Crippen LogP contribution in [0.2, 0.25) is 0 Å². The van der Waals surface area contributed by atoms with Crippen molar-refractivity contribution in [1.29, 1.82) is 0 Å². The Balaban J connectivity index is 2.17. The van der Waals surface area contributed by atoms with E-state index in [2.05, 4.69) is 4.98 Å². The number of nitrogen functional groups attached to an aromatic ring is 1. The number of pyridine rings is 1. The molecule has 94 valence electrons. The molecule has 1 aromatic rings. The lowest BCUT2D eigenvalue weighted by molar-refractivity contribution is 0.0690. The lowest BCUT2D eigenvalue weighted by atomic mass is 10.2. The molecule has 1 saturated heterocycles. The predicted molar refractivity (Wildman–Crippen MR) is 64.3 cm³/mol. The molecule has 17 heavy (non-hydrogen) atoms.